The van der Waals surface area contributed by atoms with Gasteiger partial charge in [-0.15, -0.1) is 0 Å². The van der Waals surface area contributed by atoms with Gasteiger partial charge in [-0.05, 0) is 57.5 Å². The standard InChI is InChI=1S/C17H36N2/c1-6-11-18-13-17(10-8-9-15(3)12-17)14-19(5)16(4)7-2/h15-16,18H,6-14H2,1-5H3. The van der Waals surface area contributed by atoms with E-state index in [1.807, 2.05) is 0 Å². The summed E-state index contributed by atoms with van der Waals surface area (Å²) in [4.78, 5) is 2.59. The van der Waals surface area contributed by atoms with Crippen LogP contribution in [0, 0.1) is 11.3 Å². The molecule has 1 rings (SSSR count). The van der Waals surface area contributed by atoms with Crippen molar-refractivity contribution in [3.05, 3.63) is 0 Å². The van der Waals surface area contributed by atoms with E-state index in [9.17, 15) is 0 Å². The zero-order valence-electron chi connectivity index (χ0n) is 14.0. The molecule has 0 bridgehead atoms. The van der Waals surface area contributed by atoms with Crippen LogP contribution in [0.3, 0.4) is 0 Å². The molecule has 19 heavy (non-hydrogen) atoms. The second-order valence-electron chi connectivity index (χ2n) is 7.05. The van der Waals surface area contributed by atoms with Gasteiger partial charge in [0, 0.05) is 19.1 Å². The maximum Gasteiger partial charge on any atom is 0.00614 e. The molecule has 0 radical (unpaired) electrons. The molecule has 0 spiro atoms. The highest BCUT2D eigenvalue weighted by Crippen LogP contribution is 2.39. The van der Waals surface area contributed by atoms with Crippen LogP contribution in [-0.4, -0.2) is 37.6 Å². The number of hydrogen-bond acceptors (Lipinski definition) is 2. The Kier molecular flexibility index (Phi) is 7.38. The molecule has 2 nitrogen and oxygen atoms in total. The van der Waals surface area contributed by atoms with Gasteiger partial charge < -0.3 is 10.2 Å². The van der Waals surface area contributed by atoms with E-state index in [-0.39, 0.29) is 0 Å². The molecular weight excluding hydrogens is 232 g/mol. The smallest absolute Gasteiger partial charge is 0.00614 e. The Hall–Kier alpha value is -0.0800. The summed E-state index contributed by atoms with van der Waals surface area (Å²) in [5.41, 5.74) is 0.519. The zero-order chi connectivity index (χ0) is 14.3. The van der Waals surface area contributed by atoms with E-state index in [1.54, 1.807) is 0 Å². The lowest BCUT2D eigenvalue weighted by molar-refractivity contribution is 0.0752. The van der Waals surface area contributed by atoms with Crippen molar-refractivity contribution in [1.29, 1.82) is 0 Å². The van der Waals surface area contributed by atoms with Crippen LogP contribution in [-0.2, 0) is 0 Å². The van der Waals surface area contributed by atoms with Gasteiger partial charge in [0.2, 0.25) is 0 Å². The molecule has 0 saturated heterocycles. The monoisotopic (exact) mass is 268 g/mol. The normalized spacial score (nSPS) is 29.7. The Morgan fingerprint density at radius 2 is 2.11 bits per heavy atom. The van der Waals surface area contributed by atoms with Gasteiger partial charge in [0.15, 0.2) is 0 Å². The van der Waals surface area contributed by atoms with Crippen LogP contribution in [0.25, 0.3) is 0 Å². The zero-order valence-corrected chi connectivity index (χ0v) is 14.0. The molecule has 2 heteroatoms. The first-order valence-corrected chi connectivity index (χ1v) is 8.44. The maximum atomic E-state index is 3.70. The van der Waals surface area contributed by atoms with Crippen LogP contribution in [0.5, 0.6) is 0 Å². The van der Waals surface area contributed by atoms with E-state index in [0.29, 0.717) is 11.5 Å². The molecule has 0 heterocycles. The van der Waals surface area contributed by atoms with E-state index in [1.165, 1.54) is 58.2 Å². The Labute approximate surface area is 121 Å². The predicted octanol–water partition coefficient (Wildman–Crippen LogP) is 3.91. The topological polar surface area (TPSA) is 15.3 Å². The molecule has 0 aromatic carbocycles. The van der Waals surface area contributed by atoms with Gasteiger partial charge >= 0.3 is 0 Å². The van der Waals surface area contributed by atoms with Gasteiger partial charge in [-0.2, -0.15) is 0 Å². The minimum atomic E-state index is 0.519. The van der Waals surface area contributed by atoms with Crippen LogP contribution in [0.4, 0.5) is 0 Å². The lowest BCUT2D eigenvalue weighted by Gasteiger charge is -2.44. The SMILES string of the molecule is CCCNCC1(CN(C)C(C)CC)CCCC(C)C1. The van der Waals surface area contributed by atoms with E-state index < -0.39 is 0 Å². The molecule has 0 amide bonds. The molecule has 0 aromatic rings. The van der Waals surface area contributed by atoms with Crippen LogP contribution in [0.1, 0.15) is 66.2 Å². The molecule has 1 saturated carbocycles. The molecular formula is C17H36N2. The molecule has 114 valence electrons. The van der Waals surface area contributed by atoms with Gasteiger partial charge in [-0.25, -0.2) is 0 Å². The Balaban J connectivity index is 2.62. The van der Waals surface area contributed by atoms with Crippen LogP contribution >= 0.6 is 0 Å². The van der Waals surface area contributed by atoms with Gasteiger partial charge in [0.05, 0.1) is 0 Å². The van der Waals surface area contributed by atoms with Crippen LogP contribution < -0.4 is 5.32 Å². The average Bonchev–Trinajstić information content (AvgIpc) is 2.38. The van der Waals surface area contributed by atoms with Gasteiger partial charge in [-0.1, -0.05) is 33.6 Å². The van der Waals surface area contributed by atoms with Crippen molar-refractivity contribution in [3.8, 4) is 0 Å². The van der Waals surface area contributed by atoms with Gasteiger partial charge in [-0.3, -0.25) is 0 Å². The van der Waals surface area contributed by atoms with Gasteiger partial charge in [0.1, 0.15) is 0 Å². The number of rotatable bonds is 8. The first-order chi connectivity index (χ1) is 9.03. The van der Waals surface area contributed by atoms with E-state index in [0.717, 1.165) is 5.92 Å². The van der Waals surface area contributed by atoms with Crippen molar-refractivity contribution >= 4 is 0 Å². The van der Waals surface area contributed by atoms with E-state index in [2.05, 4.69) is 45.0 Å². The van der Waals surface area contributed by atoms with Crippen molar-refractivity contribution in [2.24, 2.45) is 11.3 Å². The van der Waals surface area contributed by atoms with Crippen LogP contribution in [0.2, 0.25) is 0 Å². The molecule has 1 fully saturated rings. The molecule has 0 aliphatic heterocycles. The summed E-state index contributed by atoms with van der Waals surface area (Å²) < 4.78 is 0. The summed E-state index contributed by atoms with van der Waals surface area (Å²) in [6.07, 6.45) is 8.17. The van der Waals surface area contributed by atoms with Crippen molar-refractivity contribution in [2.45, 2.75) is 72.3 Å². The van der Waals surface area contributed by atoms with Crippen molar-refractivity contribution in [1.82, 2.24) is 10.2 Å². The molecule has 1 N–H and O–H groups in total. The number of hydrogen-bond donors (Lipinski definition) is 1. The fraction of sp³-hybridized carbons (Fsp3) is 1.00. The fourth-order valence-corrected chi connectivity index (χ4v) is 3.66. The molecule has 0 aromatic heterocycles. The largest absolute Gasteiger partial charge is 0.316 e. The Morgan fingerprint density at radius 3 is 2.68 bits per heavy atom. The van der Waals surface area contributed by atoms with Crippen molar-refractivity contribution in [2.75, 3.05) is 26.7 Å². The number of nitrogens with one attached hydrogen (secondary N) is 1. The van der Waals surface area contributed by atoms with Crippen LogP contribution in [0.15, 0.2) is 0 Å². The summed E-state index contributed by atoms with van der Waals surface area (Å²) >= 11 is 0. The van der Waals surface area contributed by atoms with E-state index >= 15 is 0 Å². The second kappa shape index (κ2) is 8.26. The maximum absolute atomic E-state index is 3.70. The molecule has 1 aliphatic carbocycles. The molecule has 3 unspecified atom stereocenters. The fourth-order valence-electron chi connectivity index (χ4n) is 3.66. The van der Waals surface area contributed by atoms with Crippen molar-refractivity contribution < 1.29 is 0 Å². The third-order valence-corrected chi connectivity index (χ3v) is 5.04. The Bertz CT molecular complexity index is 241. The highest BCUT2D eigenvalue weighted by molar-refractivity contribution is 4.90. The molecule has 1 aliphatic rings. The summed E-state index contributed by atoms with van der Waals surface area (Å²) in [5.74, 6) is 0.905. The Morgan fingerprint density at radius 1 is 1.37 bits per heavy atom. The summed E-state index contributed by atoms with van der Waals surface area (Å²) in [6.45, 7) is 13.0. The lowest BCUT2D eigenvalue weighted by Crippen LogP contribution is -2.47. The summed E-state index contributed by atoms with van der Waals surface area (Å²) in [5, 5.41) is 3.70. The first-order valence-electron chi connectivity index (χ1n) is 8.44. The minimum absolute atomic E-state index is 0.519. The average molecular weight is 268 g/mol. The predicted molar refractivity (Wildman–Crippen MR) is 85.6 cm³/mol. The lowest BCUT2D eigenvalue weighted by atomic mass is 9.69. The van der Waals surface area contributed by atoms with E-state index in [4.69, 9.17) is 0 Å². The molecule has 3 atom stereocenters. The second-order valence-corrected chi connectivity index (χ2v) is 7.05. The third-order valence-electron chi connectivity index (χ3n) is 5.04. The summed E-state index contributed by atoms with van der Waals surface area (Å²) in [7, 11) is 2.31. The van der Waals surface area contributed by atoms with Crippen molar-refractivity contribution in [3.63, 3.8) is 0 Å². The highest BCUT2D eigenvalue weighted by Gasteiger charge is 2.36. The minimum Gasteiger partial charge on any atom is -0.316 e. The third kappa shape index (κ3) is 5.43. The highest BCUT2D eigenvalue weighted by atomic mass is 15.1. The number of nitrogens with zero attached hydrogens (tertiary/aromatic N) is 1. The van der Waals surface area contributed by atoms with Gasteiger partial charge in [0.25, 0.3) is 0 Å². The summed E-state index contributed by atoms with van der Waals surface area (Å²) in [6, 6.07) is 0.709. The quantitative estimate of drug-likeness (QED) is 0.671. The first kappa shape index (κ1) is 17.0.